The van der Waals surface area contributed by atoms with E-state index in [-0.39, 0.29) is 34.7 Å². The van der Waals surface area contributed by atoms with E-state index in [1.807, 2.05) is 19.0 Å². The van der Waals surface area contributed by atoms with Gasteiger partial charge in [-0.25, -0.2) is 0 Å². The molecule has 0 unspecified atom stereocenters. The predicted octanol–water partition coefficient (Wildman–Crippen LogP) is 11.3. The molecule has 0 aromatic rings. The van der Waals surface area contributed by atoms with E-state index in [9.17, 15) is 14.4 Å². The maximum atomic E-state index is 12.9. The lowest BCUT2D eigenvalue weighted by atomic mass is 9.85. The van der Waals surface area contributed by atoms with E-state index in [1.54, 1.807) is 0 Å². The number of carbonyl (C=O) groups excluding carboxylic acids is 3. The van der Waals surface area contributed by atoms with Crippen molar-refractivity contribution >= 4 is 17.8 Å². The number of ether oxygens (including phenoxy) is 1. The monoisotopic (exact) mass is 722 g/mol. The number of unbranched alkanes of at least 4 members (excludes halogenated alkanes) is 18. The van der Waals surface area contributed by atoms with Crippen LogP contribution in [0.3, 0.4) is 0 Å². The maximum absolute atomic E-state index is 12.9. The Labute approximate surface area is 317 Å². The minimum atomic E-state index is -0.365. The SMILES string of the molecule is CCCCCCCCCCNC(=O)C(C)(C)CCCCCC(CCCCCC(C)(C)C(=O)NCCCCCCCCCC)OC(=O)CCN(C)C. The molecule has 0 aromatic carbocycles. The van der Waals surface area contributed by atoms with Crippen LogP contribution in [0.15, 0.2) is 0 Å². The Hall–Kier alpha value is -1.63. The molecule has 0 aliphatic rings. The second-order valence-corrected chi connectivity index (χ2v) is 17.1. The summed E-state index contributed by atoms with van der Waals surface area (Å²) in [6.45, 7) is 15.0. The fraction of sp³-hybridized carbons (Fsp3) is 0.932. The summed E-state index contributed by atoms with van der Waals surface area (Å²) in [4.78, 5) is 40.4. The quantitative estimate of drug-likeness (QED) is 0.0497. The summed E-state index contributed by atoms with van der Waals surface area (Å²) in [5.74, 6) is 0.224. The fourth-order valence-electron chi connectivity index (χ4n) is 6.68. The standard InChI is InChI=1S/C44H87N3O4/c1-9-11-13-15-17-19-21-29-36-45-41(49)43(3,4)34-27-23-25-31-39(51-40(48)33-38-47(7)8)32-26-24-28-35-44(5,6)42(50)46-37-30-22-20-18-16-14-12-10-2/h39H,9-38H2,1-8H3,(H,45,49)(H,46,50). The zero-order valence-corrected chi connectivity index (χ0v) is 35.4. The van der Waals surface area contributed by atoms with E-state index in [2.05, 4.69) is 52.2 Å². The largest absolute Gasteiger partial charge is 0.462 e. The van der Waals surface area contributed by atoms with E-state index < -0.39 is 0 Å². The number of nitrogens with zero attached hydrogens (tertiary/aromatic N) is 1. The highest BCUT2D eigenvalue weighted by molar-refractivity contribution is 5.82. The van der Waals surface area contributed by atoms with Gasteiger partial charge < -0.3 is 20.3 Å². The van der Waals surface area contributed by atoms with Crippen LogP contribution >= 0.6 is 0 Å². The first-order chi connectivity index (χ1) is 24.4. The summed E-state index contributed by atoms with van der Waals surface area (Å²) in [6, 6.07) is 0. The summed E-state index contributed by atoms with van der Waals surface area (Å²) in [5.41, 5.74) is -0.729. The Kier molecular flexibility index (Phi) is 30.8. The molecule has 0 heterocycles. The van der Waals surface area contributed by atoms with E-state index >= 15 is 0 Å². The number of amides is 2. The van der Waals surface area contributed by atoms with Gasteiger partial charge in [-0.15, -0.1) is 0 Å². The third kappa shape index (κ3) is 29.5. The molecule has 7 nitrogen and oxygen atoms in total. The second-order valence-electron chi connectivity index (χ2n) is 17.1. The lowest BCUT2D eigenvalue weighted by Crippen LogP contribution is -2.37. The molecule has 0 atom stereocenters. The van der Waals surface area contributed by atoms with Gasteiger partial charge in [0.25, 0.3) is 0 Å². The number of hydrogen-bond acceptors (Lipinski definition) is 5. The average molecular weight is 722 g/mol. The van der Waals surface area contributed by atoms with Crippen LogP contribution in [-0.4, -0.2) is 62.5 Å². The first kappa shape index (κ1) is 49.4. The molecule has 2 N–H and O–H groups in total. The molecule has 0 rings (SSSR count). The third-order valence-electron chi connectivity index (χ3n) is 10.6. The van der Waals surface area contributed by atoms with Gasteiger partial charge >= 0.3 is 5.97 Å². The van der Waals surface area contributed by atoms with Gasteiger partial charge in [-0.05, 0) is 65.5 Å². The van der Waals surface area contributed by atoms with Gasteiger partial charge in [-0.3, -0.25) is 14.4 Å². The van der Waals surface area contributed by atoms with Gasteiger partial charge in [0.15, 0.2) is 0 Å². The Morgan fingerprint density at radius 1 is 0.529 bits per heavy atom. The summed E-state index contributed by atoms with van der Waals surface area (Å²) >= 11 is 0. The molecule has 0 spiro atoms. The number of esters is 1. The number of nitrogens with one attached hydrogen (secondary N) is 2. The molecule has 7 heteroatoms. The molecule has 0 saturated carbocycles. The Balaban J connectivity index is 4.43. The Morgan fingerprint density at radius 3 is 1.25 bits per heavy atom. The molecule has 2 amide bonds. The van der Waals surface area contributed by atoms with Crippen LogP contribution in [0.5, 0.6) is 0 Å². The van der Waals surface area contributed by atoms with Crippen molar-refractivity contribution in [2.45, 2.75) is 221 Å². The first-order valence-corrected chi connectivity index (χ1v) is 21.8. The minimum Gasteiger partial charge on any atom is -0.462 e. The topological polar surface area (TPSA) is 87.7 Å². The molecule has 0 bridgehead atoms. The fourth-order valence-corrected chi connectivity index (χ4v) is 6.68. The van der Waals surface area contributed by atoms with E-state index in [4.69, 9.17) is 4.74 Å². The van der Waals surface area contributed by atoms with Crippen molar-refractivity contribution in [2.24, 2.45) is 10.8 Å². The summed E-state index contributed by atoms with van der Waals surface area (Å²) < 4.78 is 5.97. The van der Waals surface area contributed by atoms with Crippen molar-refractivity contribution in [3.05, 3.63) is 0 Å². The van der Waals surface area contributed by atoms with Crippen molar-refractivity contribution in [3.8, 4) is 0 Å². The smallest absolute Gasteiger partial charge is 0.307 e. The molecule has 302 valence electrons. The van der Waals surface area contributed by atoms with Crippen molar-refractivity contribution in [1.29, 1.82) is 0 Å². The number of carbonyl (C=O) groups is 3. The highest BCUT2D eigenvalue weighted by atomic mass is 16.5. The molecule has 0 aliphatic carbocycles. The van der Waals surface area contributed by atoms with Gasteiger partial charge in [0.2, 0.25) is 11.8 Å². The average Bonchev–Trinajstić information content (AvgIpc) is 3.08. The molecular formula is C44H87N3O4. The zero-order chi connectivity index (χ0) is 38.2. The highest BCUT2D eigenvalue weighted by Crippen LogP contribution is 2.27. The molecule has 0 fully saturated rings. The first-order valence-electron chi connectivity index (χ1n) is 21.8. The lowest BCUT2D eigenvalue weighted by Gasteiger charge is -2.24. The predicted molar refractivity (Wildman–Crippen MR) is 218 cm³/mol. The lowest BCUT2D eigenvalue weighted by molar-refractivity contribution is -0.150. The molecule has 0 aliphatic heterocycles. The van der Waals surface area contributed by atoms with Crippen LogP contribution in [0, 0.1) is 10.8 Å². The molecule has 0 aromatic heterocycles. The van der Waals surface area contributed by atoms with Crippen molar-refractivity contribution in [3.63, 3.8) is 0 Å². The van der Waals surface area contributed by atoms with E-state index in [0.717, 1.165) is 90.1 Å². The molecule has 51 heavy (non-hydrogen) atoms. The van der Waals surface area contributed by atoms with Crippen molar-refractivity contribution < 1.29 is 19.1 Å². The van der Waals surface area contributed by atoms with Crippen molar-refractivity contribution in [1.82, 2.24) is 15.5 Å². The van der Waals surface area contributed by atoms with Crippen LogP contribution in [0.4, 0.5) is 0 Å². The van der Waals surface area contributed by atoms with Gasteiger partial charge in [0, 0.05) is 30.5 Å². The molecule has 0 saturated heterocycles. The summed E-state index contributed by atoms with van der Waals surface area (Å²) in [7, 11) is 3.95. The summed E-state index contributed by atoms with van der Waals surface area (Å²) in [5, 5.41) is 6.37. The molecular weight excluding hydrogens is 635 g/mol. The van der Waals surface area contributed by atoms with Crippen LogP contribution in [0.1, 0.15) is 215 Å². The Bertz CT molecular complexity index is 801. The van der Waals surface area contributed by atoms with Gasteiger partial charge in [0.05, 0.1) is 6.42 Å². The van der Waals surface area contributed by atoms with Gasteiger partial charge in [0.1, 0.15) is 6.10 Å². The van der Waals surface area contributed by atoms with E-state index in [0.29, 0.717) is 13.0 Å². The molecule has 0 radical (unpaired) electrons. The second kappa shape index (κ2) is 31.9. The highest BCUT2D eigenvalue weighted by Gasteiger charge is 2.27. The third-order valence-corrected chi connectivity index (χ3v) is 10.6. The van der Waals surface area contributed by atoms with E-state index in [1.165, 1.54) is 89.9 Å². The van der Waals surface area contributed by atoms with Gasteiger partial charge in [-0.2, -0.15) is 0 Å². The number of hydrogen-bond donors (Lipinski definition) is 2. The minimum absolute atomic E-state index is 0.0643. The van der Waals surface area contributed by atoms with Crippen LogP contribution < -0.4 is 10.6 Å². The maximum Gasteiger partial charge on any atom is 0.307 e. The van der Waals surface area contributed by atoms with Crippen LogP contribution in [0.2, 0.25) is 0 Å². The van der Waals surface area contributed by atoms with Crippen LogP contribution in [0.25, 0.3) is 0 Å². The van der Waals surface area contributed by atoms with Gasteiger partial charge in [-0.1, -0.05) is 157 Å². The van der Waals surface area contributed by atoms with Crippen LogP contribution in [-0.2, 0) is 19.1 Å². The Morgan fingerprint density at radius 2 is 0.882 bits per heavy atom. The number of rotatable bonds is 36. The normalized spacial score (nSPS) is 12.1. The van der Waals surface area contributed by atoms with Crippen molar-refractivity contribution in [2.75, 3.05) is 33.7 Å². The zero-order valence-electron chi connectivity index (χ0n) is 35.4. The summed E-state index contributed by atoms with van der Waals surface area (Å²) in [6.07, 6.45) is 30.2.